The fourth-order valence-corrected chi connectivity index (χ4v) is 3.74. The fourth-order valence-electron chi connectivity index (χ4n) is 1.65. The van der Waals surface area contributed by atoms with Crippen LogP contribution in [0.25, 0.3) is 0 Å². The van der Waals surface area contributed by atoms with Crippen LogP contribution in [-0.4, -0.2) is 37.7 Å². The minimum Gasteiger partial charge on any atom is -0.447 e. The van der Waals surface area contributed by atoms with Gasteiger partial charge in [0.05, 0.1) is 17.0 Å². The molecule has 1 rings (SSSR count). The van der Waals surface area contributed by atoms with Crippen LogP contribution in [0.5, 0.6) is 0 Å². The largest absolute Gasteiger partial charge is 0.447 e. The zero-order chi connectivity index (χ0) is 12.4. The van der Waals surface area contributed by atoms with E-state index >= 15 is 0 Å². The molecule has 2 unspecified atom stereocenters. The van der Waals surface area contributed by atoms with Gasteiger partial charge in [-0.05, 0) is 26.7 Å². The highest BCUT2D eigenvalue weighted by molar-refractivity contribution is 7.91. The van der Waals surface area contributed by atoms with Crippen molar-refractivity contribution in [3.63, 3.8) is 0 Å². The van der Waals surface area contributed by atoms with Gasteiger partial charge in [-0.2, -0.15) is 0 Å². The smallest absolute Gasteiger partial charge is 0.407 e. The number of carbonyl (C=O) groups excluding carboxylic acids is 1. The minimum absolute atomic E-state index is 0.00436. The van der Waals surface area contributed by atoms with Crippen LogP contribution >= 0.6 is 0 Å². The van der Waals surface area contributed by atoms with Crippen LogP contribution in [0.2, 0.25) is 0 Å². The third kappa shape index (κ3) is 3.66. The van der Waals surface area contributed by atoms with Crippen molar-refractivity contribution < 1.29 is 17.9 Å². The van der Waals surface area contributed by atoms with Crippen molar-refractivity contribution in [1.82, 2.24) is 5.32 Å². The summed E-state index contributed by atoms with van der Waals surface area (Å²) in [5.74, 6) is 0.128. The molecule has 0 spiro atoms. The third-order valence-corrected chi connectivity index (χ3v) is 4.69. The monoisotopic (exact) mass is 249 g/mol. The summed E-state index contributed by atoms with van der Waals surface area (Å²) in [7, 11) is -3.00. The Balaban J connectivity index is 2.52. The Morgan fingerprint density at radius 1 is 1.56 bits per heavy atom. The molecule has 0 aromatic rings. The normalized spacial score (nSPS) is 29.7. The summed E-state index contributed by atoms with van der Waals surface area (Å²) in [5.41, 5.74) is -0.677. The van der Waals surface area contributed by atoms with Gasteiger partial charge in [0.15, 0.2) is 9.84 Å². The molecular formula is C10H19NO4S. The zero-order valence-electron chi connectivity index (χ0n) is 9.95. The van der Waals surface area contributed by atoms with E-state index in [1.165, 1.54) is 0 Å². The Labute approximate surface area is 96.5 Å². The highest BCUT2D eigenvalue weighted by Crippen LogP contribution is 2.22. The van der Waals surface area contributed by atoms with Crippen LogP contribution in [0.4, 0.5) is 4.79 Å². The van der Waals surface area contributed by atoms with Crippen LogP contribution in [0.3, 0.4) is 0 Å². The second kappa shape index (κ2) is 4.61. The van der Waals surface area contributed by atoms with Crippen molar-refractivity contribution >= 4 is 15.9 Å². The van der Waals surface area contributed by atoms with Crippen molar-refractivity contribution in [2.24, 2.45) is 0 Å². The molecule has 94 valence electrons. The number of carbonyl (C=O) groups is 1. The van der Waals surface area contributed by atoms with E-state index in [1.54, 1.807) is 13.8 Å². The maximum Gasteiger partial charge on any atom is 0.407 e. The van der Waals surface area contributed by atoms with E-state index in [0.29, 0.717) is 6.42 Å². The third-order valence-electron chi connectivity index (χ3n) is 2.79. The van der Waals surface area contributed by atoms with E-state index in [2.05, 4.69) is 5.32 Å². The van der Waals surface area contributed by atoms with E-state index in [0.717, 1.165) is 6.42 Å². The molecule has 5 nitrogen and oxygen atoms in total. The van der Waals surface area contributed by atoms with E-state index in [4.69, 9.17) is 4.74 Å². The summed E-state index contributed by atoms with van der Waals surface area (Å²) >= 11 is 0. The molecule has 1 aliphatic heterocycles. The molecule has 1 fully saturated rings. The molecule has 1 saturated heterocycles. The van der Waals surface area contributed by atoms with E-state index in [1.807, 2.05) is 6.92 Å². The lowest BCUT2D eigenvalue weighted by molar-refractivity contribution is 0.0972. The van der Waals surface area contributed by atoms with Gasteiger partial charge < -0.3 is 10.1 Å². The summed E-state index contributed by atoms with van der Waals surface area (Å²) in [4.78, 5) is 11.5. The average molecular weight is 249 g/mol. The number of sulfone groups is 1. The van der Waals surface area contributed by atoms with Gasteiger partial charge in [-0.15, -0.1) is 0 Å². The second-order valence-electron chi connectivity index (χ2n) is 4.65. The van der Waals surface area contributed by atoms with E-state index in [9.17, 15) is 13.2 Å². The molecule has 1 N–H and O–H groups in total. The first kappa shape index (κ1) is 13.3. The van der Waals surface area contributed by atoms with Gasteiger partial charge in [-0.25, -0.2) is 13.2 Å². The SMILES string of the molecule is CCC(C)OC(=O)NC1(C)CCS(=O)(=O)C1. The highest BCUT2D eigenvalue weighted by atomic mass is 32.2. The minimum atomic E-state index is -3.00. The molecule has 0 aromatic carbocycles. The van der Waals surface area contributed by atoms with Crippen molar-refractivity contribution in [3.8, 4) is 0 Å². The number of nitrogens with one attached hydrogen (secondary N) is 1. The van der Waals surface area contributed by atoms with Gasteiger partial charge in [0.25, 0.3) is 0 Å². The quantitative estimate of drug-likeness (QED) is 0.812. The van der Waals surface area contributed by atoms with Gasteiger partial charge in [-0.1, -0.05) is 6.92 Å². The number of ether oxygens (including phenoxy) is 1. The van der Waals surface area contributed by atoms with Gasteiger partial charge in [0.2, 0.25) is 0 Å². The predicted molar refractivity (Wildman–Crippen MR) is 61.0 cm³/mol. The first-order valence-corrected chi connectivity index (χ1v) is 7.28. The molecule has 1 aliphatic rings. The summed E-state index contributed by atoms with van der Waals surface area (Å²) in [5, 5.41) is 2.64. The van der Waals surface area contributed by atoms with Gasteiger partial charge in [-0.3, -0.25) is 0 Å². The fraction of sp³-hybridized carbons (Fsp3) is 0.900. The number of rotatable bonds is 3. The topological polar surface area (TPSA) is 72.5 Å². The Bertz CT molecular complexity index is 365. The molecule has 16 heavy (non-hydrogen) atoms. The highest BCUT2D eigenvalue weighted by Gasteiger charge is 2.39. The number of hydrogen-bond acceptors (Lipinski definition) is 4. The number of alkyl carbamates (subject to hydrolysis) is 1. The van der Waals surface area contributed by atoms with Crippen molar-refractivity contribution in [3.05, 3.63) is 0 Å². The van der Waals surface area contributed by atoms with Crippen molar-refractivity contribution in [2.75, 3.05) is 11.5 Å². The summed E-state index contributed by atoms with van der Waals surface area (Å²) in [6.07, 6.45) is 0.503. The Kier molecular flexibility index (Phi) is 3.83. The number of hydrogen-bond donors (Lipinski definition) is 1. The average Bonchev–Trinajstić information content (AvgIpc) is 2.39. The summed E-state index contributed by atoms with van der Waals surface area (Å²) in [6.45, 7) is 5.45. The van der Waals surface area contributed by atoms with E-state index in [-0.39, 0.29) is 17.6 Å². The lowest BCUT2D eigenvalue weighted by Crippen LogP contribution is -2.47. The Morgan fingerprint density at radius 3 is 2.62 bits per heavy atom. The first-order valence-electron chi connectivity index (χ1n) is 5.45. The van der Waals surface area contributed by atoms with Crippen molar-refractivity contribution in [1.29, 1.82) is 0 Å². The van der Waals surface area contributed by atoms with Crippen LogP contribution in [0.1, 0.15) is 33.6 Å². The van der Waals surface area contributed by atoms with Crippen LogP contribution in [-0.2, 0) is 14.6 Å². The van der Waals surface area contributed by atoms with Gasteiger partial charge >= 0.3 is 6.09 Å². The zero-order valence-corrected chi connectivity index (χ0v) is 10.8. The molecule has 1 heterocycles. The molecule has 2 atom stereocenters. The maximum atomic E-state index is 11.5. The number of amides is 1. The van der Waals surface area contributed by atoms with Gasteiger partial charge in [0.1, 0.15) is 6.10 Å². The van der Waals surface area contributed by atoms with Crippen LogP contribution < -0.4 is 5.32 Å². The Morgan fingerprint density at radius 2 is 2.19 bits per heavy atom. The Hall–Kier alpha value is -0.780. The molecule has 6 heteroatoms. The molecule has 0 radical (unpaired) electrons. The lowest BCUT2D eigenvalue weighted by Gasteiger charge is -2.24. The lowest BCUT2D eigenvalue weighted by atomic mass is 10.0. The maximum absolute atomic E-state index is 11.5. The van der Waals surface area contributed by atoms with Crippen molar-refractivity contribution in [2.45, 2.75) is 45.3 Å². The van der Waals surface area contributed by atoms with E-state index < -0.39 is 21.5 Å². The predicted octanol–water partition coefficient (Wildman–Crippen LogP) is 1.09. The second-order valence-corrected chi connectivity index (χ2v) is 6.84. The molecule has 0 aromatic heterocycles. The van der Waals surface area contributed by atoms with Crippen LogP contribution in [0, 0.1) is 0 Å². The molecule has 1 amide bonds. The molecule has 0 bridgehead atoms. The standard InChI is InChI=1S/C10H19NO4S/c1-4-8(2)15-9(12)11-10(3)5-6-16(13,14)7-10/h8H,4-7H2,1-3H3,(H,11,12). The molecule has 0 aliphatic carbocycles. The van der Waals surface area contributed by atoms with Gasteiger partial charge in [0, 0.05) is 0 Å². The summed E-state index contributed by atoms with van der Waals surface area (Å²) in [6, 6.07) is 0. The summed E-state index contributed by atoms with van der Waals surface area (Å²) < 4.78 is 27.7. The first-order chi connectivity index (χ1) is 7.26. The molecule has 0 saturated carbocycles. The molecular weight excluding hydrogens is 230 g/mol. The van der Waals surface area contributed by atoms with Crippen LogP contribution in [0.15, 0.2) is 0 Å².